The monoisotopic (exact) mass is 398 g/mol. The largest absolute Gasteiger partial charge is 0.311 e. The van der Waals surface area contributed by atoms with E-state index in [9.17, 15) is 4.79 Å². The number of thioether (sulfide) groups is 1. The van der Waals surface area contributed by atoms with Crippen LogP contribution in [-0.2, 0) is 11.2 Å². The zero-order chi connectivity index (χ0) is 18.8. The average Bonchev–Trinajstić information content (AvgIpc) is 3.16. The highest BCUT2D eigenvalue weighted by Gasteiger charge is 2.22. The molecular formula is C20H19ClN4OS. The van der Waals surface area contributed by atoms with E-state index in [0.29, 0.717) is 15.9 Å². The van der Waals surface area contributed by atoms with Crippen LogP contribution in [0.3, 0.4) is 0 Å². The number of para-hydroxylation sites is 1. The molecule has 0 unspecified atom stereocenters. The van der Waals surface area contributed by atoms with Gasteiger partial charge < -0.3 is 4.90 Å². The summed E-state index contributed by atoms with van der Waals surface area (Å²) in [4.78, 5) is 14.7. The van der Waals surface area contributed by atoms with Gasteiger partial charge in [-0.2, -0.15) is 0 Å². The predicted octanol–water partition coefficient (Wildman–Crippen LogP) is 4.30. The van der Waals surface area contributed by atoms with Gasteiger partial charge in [-0.05, 0) is 49.1 Å². The maximum Gasteiger partial charge on any atom is 0.237 e. The molecule has 4 rings (SSSR count). The molecule has 1 aliphatic rings. The smallest absolute Gasteiger partial charge is 0.237 e. The number of fused-ring (bicyclic) bond motifs is 1. The van der Waals surface area contributed by atoms with Crippen LogP contribution in [0.25, 0.3) is 5.69 Å². The maximum atomic E-state index is 12.8. The Labute approximate surface area is 167 Å². The molecule has 27 heavy (non-hydrogen) atoms. The molecule has 2 heterocycles. The van der Waals surface area contributed by atoms with Gasteiger partial charge in [0.2, 0.25) is 5.91 Å². The van der Waals surface area contributed by atoms with Crippen LogP contribution in [0.5, 0.6) is 0 Å². The zero-order valence-corrected chi connectivity index (χ0v) is 16.5. The number of benzene rings is 2. The molecule has 2 aromatic carbocycles. The summed E-state index contributed by atoms with van der Waals surface area (Å²) >= 11 is 7.63. The third kappa shape index (κ3) is 3.73. The Morgan fingerprint density at radius 2 is 2.11 bits per heavy atom. The molecule has 0 saturated carbocycles. The molecule has 1 aliphatic heterocycles. The second kappa shape index (κ2) is 7.74. The van der Waals surface area contributed by atoms with Gasteiger partial charge in [-0.15, -0.1) is 10.2 Å². The summed E-state index contributed by atoms with van der Waals surface area (Å²) in [6.07, 6.45) is 3.66. The van der Waals surface area contributed by atoms with Crippen LogP contribution in [-0.4, -0.2) is 33.0 Å². The molecule has 1 aromatic heterocycles. The number of carbonyl (C=O) groups excluding carboxylic acids is 1. The van der Waals surface area contributed by atoms with Crippen LogP contribution < -0.4 is 4.90 Å². The second-order valence-corrected chi connectivity index (χ2v) is 7.83. The van der Waals surface area contributed by atoms with Gasteiger partial charge in [-0.25, -0.2) is 0 Å². The minimum Gasteiger partial charge on any atom is -0.311 e. The number of halogens is 1. The first kappa shape index (κ1) is 18.1. The highest BCUT2D eigenvalue weighted by atomic mass is 35.5. The van der Waals surface area contributed by atoms with Crippen molar-refractivity contribution in [2.45, 2.75) is 24.9 Å². The van der Waals surface area contributed by atoms with E-state index < -0.39 is 0 Å². The molecule has 7 heteroatoms. The third-order valence-corrected chi connectivity index (χ3v) is 6.02. The van der Waals surface area contributed by atoms with Crippen molar-refractivity contribution in [1.29, 1.82) is 0 Å². The molecule has 138 valence electrons. The standard InChI is InChI=1S/C20H19ClN4OS/c1-14-8-9-16(11-17(14)21)25-13-22-23-20(25)27-12-19(26)24-10-4-6-15-5-2-3-7-18(15)24/h2-3,5,7-9,11,13H,4,6,10,12H2,1H3. The Kier molecular flexibility index (Phi) is 5.18. The first-order valence-electron chi connectivity index (χ1n) is 8.81. The number of aromatic nitrogens is 3. The van der Waals surface area contributed by atoms with Crippen LogP contribution in [0.2, 0.25) is 5.02 Å². The molecule has 0 bridgehead atoms. The molecule has 0 radical (unpaired) electrons. The van der Waals surface area contributed by atoms with E-state index in [1.165, 1.54) is 17.3 Å². The van der Waals surface area contributed by atoms with Crippen molar-refractivity contribution in [2.24, 2.45) is 0 Å². The van der Waals surface area contributed by atoms with Crippen molar-refractivity contribution in [1.82, 2.24) is 14.8 Å². The number of nitrogens with zero attached hydrogens (tertiary/aromatic N) is 4. The van der Waals surface area contributed by atoms with Gasteiger partial charge in [0.15, 0.2) is 5.16 Å². The Bertz CT molecular complexity index is 988. The lowest BCUT2D eigenvalue weighted by Crippen LogP contribution is -2.36. The Morgan fingerprint density at radius 3 is 2.96 bits per heavy atom. The Balaban J connectivity index is 1.50. The summed E-state index contributed by atoms with van der Waals surface area (Å²) < 4.78 is 1.85. The van der Waals surface area contributed by atoms with E-state index in [2.05, 4.69) is 16.3 Å². The number of hydrogen-bond donors (Lipinski definition) is 0. The van der Waals surface area contributed by atoms with E-state index in [0.717, 1.165) is 36.3 Å². The summed E-state index contributed by atoms with van der Waals surface area (Å²) in [5.41, 5.74) is 4.16. The third-order valence-electron chi connectivity index (χ3n) is 4.69. The lowest BCUT2D eigenvalue weighted by Gasteiger charge is -2.29. The summed E-state index contributed by atoms with van der Waals surface area (Å²) in [7, 11) is 0. The molecule has 0 N–H and O–H groups in total. The van der Waals surface area contributed by atoms with Crippen molar-refractivity contribution in [3.05, 3.63) is 64.9 Å². The molecule has 5 nitrogen and oxygen atoms in total. The van der Waals surface area contributed by atoms with Crippen LogP contribution in [0.4, 0.5) is 5.69 Å². The van der Waals surface area contributed by atoms with Crippen LogP contribution in [0.1, 0.15) is 17.5 Å². The molecule has 0 aliphatic carbocycles. The van der Waals surface area contributed by atoms with Crippen molar-refractivity contribution in [3.63, 3.8) is 0 Å². The maximum absolute atomic E-state index is 12.8. The molecule has 0 spiro atoms. The SMILES string of the molecule is Cc1ccc(-n2cnnc2SCC(=O)N2CCCc3ccccc32)cc1Cl. The highest BCUT2D eigenvalue weighted by Crippen LogP contribution is 2.28. The minimum atomic E-state index is 0.0867. The Morgan fingerprint density at radius 1 is 1.26 bits per heavy atom. The van der Waals surface area contributed by atoms with Gasteiger partial charge in [0, 0.05) is 17.3 Å². The minimum absolute atomic E-state index is 0.0867. The summed E-state index contributed by atoms with van der Waals surface area (Å²) in [5, 5.41) is 9.54. The number of anilines is 1. The van der Waals surface area contributed by atoms with Gasteiger partial charge in [-0.1, -0.05) is 47.6 Å². The fraction of sp³-hybridized carbons (Fsp3) is 0.250. The topological polar surface area (TPSA) is 51.0 Å². The van der Waals surface area contributed by atoms with Crippen LogP contribution >= 0.6 is 23.4 Å². The fourth-order valence-corrected chi connectivity index (χ4v) is 4.21. The second-order valence-electron chi connectivity index (χ2n) is 6.48. The lowest BCUT2D eigenvalue weighted by atomic mass is 10.0. The van der Waals surface area contributed by atoms with Gasteiger partial charge in [0.25, 0.3) is 0 Å². The number of amides is 1. The quantitative estimate of drug-likeness (QED) is 0.615. The van der Waals surface area contributed by atoms with Crippen molar-refractivity contribution in [3.8, 4) is 5.69 Å². The van der Waals surface area contributed by atoms with Gasteiger partial charge >= 0.3 is 0 Å². The number of hydrogen-bond acceptors (Lipinski definition) is 4. The summed E-state index contributed by atoms with van der Waals surface area (Å²) in [5.74, 6) is 0.399. The molecule has 0 atom stereocenters. The molecule has 0 fully saturated rings. The summed E-state index contributed by atoms with van der Waals surface area (Å²) in [6.45, 7) is 2.72. The van der Waals surface area contributed by atoms with E-state index in [1.54, 1.807) is 6.33 Å². The lowest BCUT2D eigenvalue weighted by molar-refractivity contribution is -0.116. The first-order chi connectivity index (χ1) is 13.1. The van der Waals surface area contributed by atoms with Crippen molar-refractivity contribution >= 4 is 35.0 Å². The summed E-state index contributed by atoms with van der Waals surface area (Å²) in [6, 6.07) is 13.9. The first-order valence-corrected chi connectivity index (χ1v) is 10.2. The zero-order valence-electron chi connectivity index (χ0n) is 14.9. The molecular weight excluding hydrogens is 380 g/mol. The van der Waals surface area contributed by atoms with Crippen molar-refractivity contribution < 1.29 is 4.79 Å². The average molecular weight is 399 g/mol. The Hall–Kier alpha value is -2.31. The number of carbonyl (C=O) groups is 1. The van der Waals surface area contributed by atoms with E-state index in [4.69, 9.17) is 11.6 Å². The van der Waals surface area contributed by atoms with Crippen LogP contribution in [0, 0.1) is 6.92 Å². The van der Waals surface area contributed by atoms with Gasteiger partial charge in [0.1, 0.15) is 6.33 Å². The fourth-order valence-electron chi connectivity index (χ4n) is 3.23. The predicted molar refractivity (Wildman–Crippen MR) is 109 cm³/mol. The normalized spacial score (nSPS) is 13.5. The number of rotatable bonds is 4. The van der Waals surface area contributed by atoms with Crippen molar-refractivity contribution in [2.75, 3.05) is 17.2 Å². The van der Waals surface area contributed by atoms with E-state index >= 15 is 0 Å². The van der Waals surface area contributed by atoms with Gasteiger partial charge in [0.05, 0.1) is 11.4 Å². The van der Waals surface area contributed by atoms with E-state index in [-0.39, 0.29) is 5.91 Å². The molecule has 3 aromatic rings. The van der Waals surface area contributed by atoms with Crippen LogP contribution in [0.15, 0.2) is 53.9 Å². The molecule has 0 saturated heterocycles. The number of aryl methyl sites for hydroxylation is 2. The highest BCUT2D eigenvalue weighted by molar-refractivity contribution is 7.99. The van der Waals surface area contributed by atoms with E-state index in [1.807, 2.05) is 52.8 Å². The molecule has 1 amide bonds. The van der Waals surface area contributed by atoms with Gasteiger partial charge in [-0.3, -0.25) is 9.36 Å².